The van der Waals surface area contributed by atoms with Gasteiger partial charge in [0.15, 0.2) is 11.2 Å². The molecular weight excluding hydrogens is 736 g/mol. The smallest absolute Gasteiger partial charge is 0.222 e. The van der Waals surface area contributed by atoms with Gasteiger partial charge < -0.3 is 44.9 Å². The minimum absolute atomic E-state index is 0.0294. The van der Waals surface area contributed by atoms with Crippen molar-refractivity contribution in [3.05, 3.63) is 93.6 Å². The SMILES string of the molecule is Cc1cc(=O)c2cc3c(c([NH+]4C=C5C=CN=C5C4)c2o1)O[C@](C)(C1CCCCC1)[C@H](OOC[C@@](O)(Cc1ccc(O)c2ccc(O)cc12)[C@@H](O)[C@H](O)[C@H](O)CO)C3. The van der Waals surface area contributed by atoms with Crippen LogP contribution < -0.4 is 15.1 Å². The Morgan fingerprint density at radius 1 is 1.04 bits per heavy atom. The fourth-order valence-corrected chi connectivity index (χ4v) is 9.04. The van der Waals surface area contributed by atoms with Crippen molar-refractivity contribution in [2.75, 3.05) is 19.8 Å². The highest BCUT2D eigenvalue weighted by Crippen LogP contribution is 2.48. The molecular formula is C43H49N2O12+. The predicted molar refractivity (Wildman–Crippen MR) is 209 cm³/mol. The minimum Gasteiger partial charge on any atom is -0.508 e. The van der Waals surface area contributed by atoms with Crippen molar-refractivity contribution in [2.45, 2.75) is 94.4 Å². The molecule has 4 aliphatic rings. The van der Waals surface area contributed by atoms with Gasteiger partial charge in [-0.3, -0.25) is 14.7 Å². The van der Waals surface area contributed by atoms with E-state index in [1.165, 1.54) is 36.4 Å². The largest absolute Gasteiger partial charge is 0.508 e. The maximum absolute atomic E-state index is 13.5. The maximum atomic E-state index is 13.5. The van der Waals surface area contributed by atoms with Crippen LogP contribution in [0.1, 0.15) is 55.9 Å². The molecule has 1 saturated carbocycles. The van der Waals surface area contributed by atoms with Crippen LogP contribution in [0.4, 0.5) is 5.69 Å². The van der Waals surface area contributed by atoms with Crippen LogP contribution in [0.25, 0.3) is 21.7 Å². The quantitative estimate of drug-likeness (QED) is 0.0769. The third-order valence-electron chi connectivity index (χ3n) is 12.3. The van der Waals surface area contributed by atoms with Crippen LogP contribution in [-0.2, 0) is 22.6 Å². The van der Waals surface area contributed by atoms with Crippen molar-refractivity contribution in [3.8, 4) is 17.2 Å². The molecule has 3 aliphatic heterocycles. The number of rotatable bonds is 12. The molecule has 57 heavy (non-hydrogen) atoms. The molecule has 14 heteroatoms. The molecule has 4 aromatic rings. The third-order valence-corrected chi connectivity index (χ3v) is 12.3. The van der Waals surface area contributed by atoms with Gasteiger partial charge in [0.25, 0.3) is 0 Å². The van der Waals surface area contributed by atoms with Crippen molar-refractivity contribution in [3.63, 3.8) is 0 Å². The number of aryl methyl sites for hydroxylation is 1. The van der Waals surface area contributed by atoms with Crippen LogP contribution in [0.3, 0.4) is 0 Å². The summed E-state index contributed by atoms with van der Waals surface area (Å²) in [5.41, 5.74) is 0.601. The molecule has 0 bridgehead atoms. The van der Waals surface area contributed by atoms with Gasteiger partial charge in [0.1, 0.15) is 77.9 Å². The summed E-state index contributed by atoms with van der Waals surface area (Å²) in [5.74, 6) is 0.917. The lowest BCUT2D eigenvalue weighted by Gasteiger charge is -2.47. The van der Waals surface area contributed by atoms with E-state index < -0.39 is 55.3 Å². The van der Waals surface area contributed by atoms with E-state index in [2.05, 4.69) is 11.2 Å². The molecule has 0 saturated heterocycles. The molecule has 4 heterocycles. The van der Waals surface area contributed by atoms with E-state index in [4.69, 9.17) is 18.9 Å². The maximum Gasteiger partial charge on any atom is 0.222 e. The number of aliphatic hydroxyl groups is 5. The molecule has 8 N–H and O–H groups in total. The number of allylic oxidation sites excluding steroid dienone is 1. The van der Waals surface area contributed by atoms with Crippen molar-refractivity contribution in [2.24, 2.45) is 10.9 Å². The number of phenolic OH excluding ortho intramolecular Hbond substituents is 2. The average Bonchev–Trinajstić information content (AvgIpc) is 3.81. The fourth-order valence-electron chi connectivity index (χ4n) is 9.04. The van der Waals surface area contributed by atoms with Gasteiger partial charge in [0.05, 0.1) is 17.6 Å². The first kappa shape index (κ1) is 39.2. The van der Waals surface area contributed by atoms with Gasteiger partial charge in [-0.15, -0.1) is 0 Å². The molecule has 3 aromatic carbocycles. The third kappa shape index (κ3) is 7.14. The number of aliphatic hydroxyl groups excluding tert-OH is 4. The Hall–Kier alpha value is -4.64. The summed E-state index contributed by atoms with van der Waals surface area (Å²) < 4.78 is 13.5. The molecule has 14 nitrogen and oxygen atoms in total. The average molecular weight is 786 g/mol. The van der Waals surface area contributed by atoms with E-state index in [1.54, 1.807) is 19.2 Å². The molecule has 0 amide bonds. The fraction of sp³-hybridized carbons (Fsp3) is 0.442. The lowest BCUT2D eigenvalue weighted by molar-refractivity contribution is -0.759. The van der Waals surface area contributed by atoms with E-state index >= 15 is 0 Å². The number of quaternary nitrogens is 1. The molecule has 0 radical (unpaired) electrons. The van der Waals surface area contributed by atoms with E-state index in [-0.39, 0.29) is 29.3 Å². The van der Waals surface area contributed by atoms with Crippen LogP contribution in [0, 0.1) is 12.8 Å². The van der Waals surface area contributed by atoms with Crippen LogP contribution in [0.5, 0.6) is 17.2 Å². The number of aliphatic imine (C=N–C) groups is 1. The molecule has 8 rings (SSSR count). The van der Waals surface area contributed by atoms with E-state index in [0.29, 0.717) is 56.6 Å². The molecule has 302 valence electrons. The molecule has 1 unspecified atom stereocenters. The number of nitrogens with one attached hydrogen (secondary N) is 1. The Morgan fingerprint density at radius 2 is 1.82 bits per heavy atom. The number of fused-ring (bicyclic) bond motifs is 4. The predicted octanol–water partition coefficient (Wildman–Crippen LogP) is 2.69. The molecule has 1 fully saturated rings. The zero-order chi connectivity index (χ0) is 40.2. The second-order valence-corrected chi connectivity index (χ2v) is 16.1. The molecule has 0 spiro atoms. The summed E-state index contributed by atoms with van der Waals surface area (Å²) in [6.07, 6.45) is 3.78. The highest BCUT2D eigenvalue weighted by molar-refractivity contribution is 6.07. The van der Waals surface area contributed by atoms with Crippen LogP contribution in [0.2, 0.25) is 0 Å². The second kappa shape index (κ2) is 15.3. The first-order valence-electron chi connectivity index (χ1n) is 19.5. The van der Waals surface area contributed by atoms with Crippen molar-refractivity contribution < 1.29 is 59.6 Å². The highest BCUT2D eigenvalue weighted by atomic mass is 17.2. The topological polar surface area (TPSA) is 216 Å². The molecule has 1 aliphatic carbocycles. The Morgan fingerprint density at radius 3 is 2.58 bits per heavy atom. The van der Waals surface area contributed by atoms with E-state index in [1.807, 2.05) is 13.0 Å². The van der Waals surface area contributed by atoms with Crippen LogP contribution >= 0.6 is 0 Å². The summed E-state index contributed by atoms with van der Waals surface area (Å²) in [6, 6.07) is 10.4. The number of phenols is 2. The monoisotopic (exact) mass is 785 g/mol. The van der Waals surface area contributed by atoms with E-state index in [0.717, 1.165) is 48.3 Å². The number of aromatic hydroxyl groups is 2. The summed E-state index contributed by atoms with van der Waals surface area (Å²) in [6.45, 7) is 2.65. The summed E-state index contributed by atoms with van der Waals surface area (Å²) in [4.78, 5) is 31.1. The molecule has 1 aromatic heterocycles. The number of hydrogen-bond acceptors (Lipinski definition) is 13. The number of benzene rings is 3. The zero-order valence-electron chi connectivity index (χ0n) is 31.9. The Labute approximate surface area is 328 Å². The minimum atomic E-state index is -2.35. The van der Waals surface area contributed by atoms with E-state index in [9.17, 15) is 40.5 Å². The summed E-state index contributed by atoms with van der Waals surface area (Å²) >= 11 is 0. The Balaban J connectivity index is 1.16. The van der Waals surface area contributed by atoms with Gasteiger partial charge in [-0.2, -0.15) is 0 Å². The second-order valence-electron chi connectivity index (χ2n) is 16.1. The van der Waals surface area contributed by atoms with Crippen molar-refractivity contribution in [1.29, 1.82) is 0 Å². The molecule has 7 atom stereocenters. The highest BCUT2D eigenvalue weighted by Gasteiger charge is 2.52. The normalized spacial score (nSPS) is 24.7. The Kier molecular flexibility index (Phi) is 10.5. The summed E-state index contributed by atoms with van der Waals surface area (Å²) in [7, 11) is 0. The lowest BCUT2D eigenvalue weighted by Crippen LogP contribution is -3.01. The van der Waals surface area contributed by atoms with Crippen LogP contribution in [0.15, 0.2) is 80.7 Å². The van der Waals surface area contributed by atoms with Gasteiger partial charge in [-0.1, -0.05) is 25.3 Å². The zero-order valence-corrected chi connectivity index (χ0v) is 31.9. The number of ether oxygens (including phenoxy) is 1. The van der Waals surface area contributed by atoms with Crippen molar-refractivity contribution in [1.82, 2.24) is 0 Å². The Bertz CT molecular complexity index is 2350. The van der Waals surface area contributed by atoms with Gasteiger partial charge in [0.2, 0.25) is 11.3 Å². The standard InChI is InChI=1S/C43H48N2O12/c1-23-14-34(49)31-15-26-16-36(42(2,27-6-4-3-5-7-27)56-39(26)37(40(31)55-23)45-19-25-12-13-44-32(25)20-45)57-54-22-43(53,41(52)38(51)35(50)21-46)18-24-8-11-33(48)29-10-9-28(47)17-30(24)29/h8-15,17,19,27,35-36,38,41,46-48,50-53H,3-7,16,18,20-22H2,1-2H3/p+1/t35-,36-,38-,41+,42-,43+/m1/s1. The lowest BCUT2D eigenvalue weighted by atomic mass is 9.72. The van der Waals surface area contributed by atoms with Crippen LogP contribution in [-0.4, -0.2) is 96.8 Å². The first-order chi connectivity index (χ1) is 27.3. The number of hydrogen-bond donors (Lipinski definition) is 8. The van der Waals surface area contributed by atoms with Gasteiger partial charge >= 0.3 is 0 Å². The first-order valence-corrected chi connectivity index (χ1v) is 19.5. The van der Waals surface area contributed by atoms with Crippen molar-refractivity contribution >= 4 is 33.1 Å². The van der Waals surface area contributed by atoms with Gasteiger partial charge in [-0.05, 0) is 74.0 Å². The number of nitrogens with zero attached hydrogens (tertiary/aromatic N) is 1. The van der Waals surface area contributed by atoms with Gasteiger partial charge in [0, 0.05) is 42.0 Å². The van der Waals surface area contributed by atoms with Gasteiger partial charge in [-0.25, -0.2) is 9.78 Å². The summed E-state index contributed by atoms with van der Waals surface area (Å²) in [5, 5.41) is 76.2.